The smallest absolute Gasteiger partial charge is 0.319 e. The molecule has 4 N–H and O–H groups in total. The summed E-state index contributed by atoms with van der Waals surface area (Å²) in [6.07, 6.45) is -1.29. The van der Waals surface area contributed by atoms with Crippen LogP contribution in [0.25, 0.3) is 0 Å². The topological polar surface area (TPSA) is 109 Å². The van der Waals surface area contributed by atoms with Crippen molar-refractivity contribution >= 4 is 35.1 Å². The maximum absolute atomic E-state index is 12.2. The minimum Gasteiger partial charge on any atom is -0.392 e. The highest BCUT2D eigenvalue weighted by Gasteiger charge is 2.42. The quantitative estimate of drug-likeness (QED) is 0.144. The molecule has 0 bridgehead atoms. The predicted molar refractivity (Wildman–Crippen MR) is 174 cm³/mol. The molecular formula is C35H37N3O5S. The average Bonchev–Trinajstić information content (AvgIpc) is 3.04. The van der Waals surface area contributed by atoms with Gasteiger partial charge in [-0.2, -0.15) is 0 Å². The van der Waals surface area contributed by atoms with Gasteiger partial charge in [0.25, 0.3) is 0 Å². The van der Waals surface area contributed by atoms with Gasteiger partial charge in [0.2, 0.25) is 5.91 Å². The summed E-state index contributed by atoms with van der Waals surface area (Å²) in [5.74, 6) is 0.400. The molecular weight excluding hydrogens is 574 g/mol. The van der Waals surface area contributed by atoms with Crippen molar-refractivity contribution in [3.05, 3.63) is 125 Å². The number of urea groups is 1. The first kappa shape index (κ1) is 31.3. The third-order valence-corrected chi connectivity index (χ3v) is 8.41. The Hall–Kier alpha value is -4.15. The molecule has 1 unspecified atom stereocenters. The maximum Gasteiger partial charge on any atom is 0.319 e. The van der Waals surface area contributed by atoms with Gasteiger partial charge >= 0.3 is 6.03 Å². The lowest BCUT2D eigenvalue weighted by molar-refractivity contribution is -0.255. The summed E-state index contributed by atoms with van der Waals surface area (Å²) in [5, 5.41) is 18.1. The Bertz CT molecular complexity index is 1530. The van der Waals surface area contributed by atoms with Crippen LogP contribution >= 0.6 is 11.8 Å². The number of hydrogen-bond acceptors (Lipinski definition) is 6. The van der Waals surface area contributed by atoms with Gasteiger partial charge in [0.05, 0.1) is 18.8 Å². The van der Waals surface area contributed by atoms with Gasteiger partial charge in [0.15, 0.2) is 6.29 Å². The molecule has 0 aliphatic carbocycles. The third-order valence-electron chi connectivity index (χ3n) is 7.31. The SMILES string of the molecule is CCNC(=O)Nc1cccc(C2O[C@H](CSc3ccc(NC(C)=O)cc3)[C@@H](c3ccccc3)[C@H](c3ccc(CO)cc3)O2)c1. The van der Waals surface area contributed by atoms with E-state index in [4.69, 9.17) is 9.47 Å². The molecule has 4 aromatic rings. The van der Waals surface area contributed by atoms with Crippen molar-refractivity contribution in [1.29, 1.82) is 0 Å². The number of carbonyl (C=O) groups excluding carboxylic acids is 2. The molecule has 9 heteroatoms. The molecule has 4 atom stereocenters. The third kappa shape index (κ3) is 8.06. The van der Waals surface area contributed by atoms with Gasteiger partial charge in [0, 0.05) is 47.0 Å². The molecule has 0 radical (unpaired) electrons. The first-order chi connectivity index (χ1) is 21.4. The van der Waals surface area contributed by atoms with Crippen LogP contribution in [0.1, 0.15) is 54.4 Å². The van der Waals surface area contributed by atoms with E-state index >= 15 is 0 Å². The highest BCUT2D eigenvalue weighted by atomic mass is 32.2. The molecule has 5 rings (SSSR count). The van der Waals surface area contributed by atoms with Gasteiger partial charge in [-0.05, 0) is 60.0 Å². The highest BCUT2D eigenvalue weighted by molar-refractivity contribution is 7.99. The first-order valence-electron chi connectivity index (χ1n) is 14.6. The van der Waals surface area contributed by atoms with Crippen LogP contribution in [0.5, 0.6) is 0 Å². The second-order valence-electron chi connectivity index (χ2n) is 10.5. The van der Waals surface area contributed by atoms with Gasteiger partial charge < -0.3 is 30.5 Å². The summed E-state index contributed by atoms with van der Waals surface area (Å²) in [4.78, 5) is 24.7. The van der Waals surface area contributed by atoms with Crippen LogP contribution in [0.15, 0.2) is 108 Å². The molecule has 0 aromatic heterocycles. The molecule has 8 nitrogen and oxygen atoms in total. The number of aliphatic hydroxyl groups is 1. The summed E-state index contributed by atoms with van der Waals surface area (Å²) in [6.45, 7) is 3.84. The van der Waals surface area contributed by atoms with Crippen LogP contribution in [0, 0.1) is 0 Å². The maximum atomic E-state index is 12.2. The van der Waals surface area contributed by atoms with E-state index in [1.54, 1.807) is 11.8 Å². The predicted octanol–water partition coefficient (Wildman–Crippen LogP) is 7.01. The van der Waals surface area contributed by atoms with E-state index in [0.29, 0.717) is 18.0 Å². The van der Waals surface area contributed by atoms with Gasteiger partial charge in [0.1, 0.15) is 0 Å². The van der Waals surface area contributed by atoms with E-state index in [9.17, 15) is 14.7 Å². The number of rotatable bonds is 10. The van der Waals surface area contributed by atoms with Crippen molar-refractivity contribution in [2.45, 2.75) is 49.8 Å². The normalized spacial score (nSPS) is 19.6. The van der Waals surface area contributed by atoms with Crippen molar-refractivity contribution in [2.75, 3.05) is 22.9 Å². The lowest BCUT2D eigenvalue weighted by Gasteiger charge is -2.43. The molecule has 0 saturated carbocycles. The van der Waals surface area contributed by atoms with Crippen molar-refractivity contribution in [1.82, 2.24) is 5.32 Å². The van der Waals surface area contributed by atoms with Crippen LogP contribution in [-0.4, -0.2) is 35.4 Å². The van der Waals surface area contributed by atoms with Crippen LogP contribution in [0.3, 0.4) is 0 Å². The number of hydrogen-bond donors (Lipinski definition) is 4. The minimum absolute atomic E-state index is 0.0367. The van der Waals surface area contributed by atoms with Crippen molar-refractivity contribution in [3.63, 3.8) is 0 Å². The Balaban J connectivity index is 1.48. The van der Waals surface area contributed by atoms with Crippen LogP contribution in [-0.2, 0) is 20.9 Å². The van der Waals surface area contributed by atoms with E-state index in [1.165, 1.54) is 6.92 Å². The zero-order chi connectivity index (χ0) is 30.9. The summed E-state index contributed by atoms with van der Waals surface area (Å²) < 4.78 is 13.6. The Labute approximate surface area is 262 Å². The van der Waals surface area contributed by atoms with Gasteiger partial charge in [-0.25, -0.2) is 4.79 Å². The number of benzene rings is 4. The summed E-state index contributed by atoms with van der Waals surface area (Å²) >= 11 is 1.68. The van der Waals surface area contributed by atoms with E-state index < -0.39 is 6.29 Å². The minimum atomic E-state index is -0.693. The fraction of sp³-hybridized carbons (Fsp3) is 0.257. The molecule has 3 amide bonds. The van der Waals surface area contributed by atoms with Crippen LogP contribution < -0.4 is 16.0 Å². The summed E-state index contributed by atoms with van der Waals surface area (Å²) in [7, 11) is 0. The zero-order valence-electron chi connectivity index (χ0n) is 24.7. The number of aliphatic hydroxyl groups excluding tert-OH is 1. The van der Waals surface area contributed by atoms with E-state index in [2.05, 4.69) is 28.1 Å². The van der Waals surface area contributed by atoms with E-state index in [1.807, 2.05) is 97.9 Å². The molecule has 4 aromatic carbocycles. The second kappa shape index (κ2) is 15.0. The fourth-order valence-electron chi connectivity index (χ4n) is 5.27. The lowest BCUT2D eigenvalue weighted by atomic mass is 9.84. The molecule has 44 heavy (non-hydrogen) atoms. The van der Waals surface area contributed by atoms with E-state index in [-0.39, 0.29) is 36.7 Å². The summed E-state index contributed by atoms with van der Waals surface area (Å²) in [5.41, 5.74) is 5.08. The van der Waals surface area contributed by atoms with Crippen molar-refractivity contribution < 1.29 is 24.2 Å². The van der Waals surface area contributed by atoms with Crippen LogP contribution in [0.4, 0.5) is 16.2 Å². The number of nitrogens with one attached hydrogen (secondary N) is 3. The molecule has 1 aliphatic rings. The number of amides is 3. The molecule has 1 saturated heterocycles. The van der Waals surface area contributed by atoms with Crippen LogP contribution in [0.2, 0.25) is 0 Å². The molecule has 1 aliphatic heterocycles. The largest absolute Gasteiger partial charge is 0.392 e. The summed E-state index contributed by atoms with van der Waals surface area (Å²) in [6, 6.07) is 33.1. The molecule has 0 spiro atoms. The average molecular weight is 612 g/mol. The second-order valence-corrected chi connectivity index (χ2v) is 11.6. The van der Waals surface area contributed by atoms with Crippen molar-refractivity contribution in [3.8, 4) is 0 Å². The zero-order valence-corrected chi connectivity index (χ0v) is 25.6. The molecule has 228 valence electrons. The Kier molecular flexibility index (Phi) is 10.7. The first-order valence-corrected chi connectivity index (χ1v) is 15.6. The Morgan fingerprint density at radius 2 is 1.52 bits per heavy atom. The Morgan fingerprint density at radius 3 is 2.20 bits per heavy atom. The van der Waals surface area contributed by atoms with Gasteiger partial charge in [-0.1, -0.05) is 66.7 Å². The lowest BCUT2D eigenvalue weighted by Crippen LogP contribution is -2.38. The highest BCUT2D eigenvalue weighted by Crippen LogP contribution is 2.48. The van der Waals surface area contributed by atoms with Crippen molar-refractivity contribution in [2.24, 2.45) is 0 Å². The van der Waals surface area contributed by atoms with Gasteiger partial charge in [-0.3, -0.25) is 4.79 Å². The number of thioether (sulfide) groups is 1. The Morgan fingerprint density at radius 1 is 0.795 bits per heavy atom. The number of ether oxygens (including phenoxy) is 2. The monoisotopic (exact) mass is 611 g/mol. The van der Waals surface area contributed by atoms with E-state index in [0.717, 1.165) is 32.8 Å². The molecule has 1 heterocycles. The number of carbonyl (C=O) groups is 2. The van der Waals surface area contributed by atoms with Gasteiger partial charge in [-0.15, -0.1) is 11.8 Å². The fourth-order valence-corrected chi connectivity index (χ4v) is 6.24. The molecule has 1 fully saturated rings. The number of anilines is 2. The standard InChI is InChI=1S/C35H37N3O5S/c1-3-36-35(41)38-29-11-7-10-27(20-29)34-42-31(22-44-30-18-16-28(17-19-30)37-23(2)40)32(25-8-5-4-6-9-25)33(43-34)26-14-12-24(21-39)13-15-26/h4-20,31-34,39H,3,21-22H2,1-2H3,(H,37,40)(H2,36,38,41)/t31-,32-,33+,34?/m1/s1.